The lowest BCUT2D eigenvalue weighted by molar-refractivity contribution is 0.208. The molecule has 1 aliphatic rings. The molecule has 1 aliphatic heterocycles. The molecule has 0 radical (unpaired) electrons. The van der Waals surface area contributed by atoms with Gasteiger partial charge in [0.15, 0.2) is 0 Å². The number of rotatable bonds is 2. The minimum atomic E-state index is -0.0152. The van der Waals surface area contributed by atoms with Crippen LogP contribution in [0.2, 0.25) is 0 Å². The fourth-order valence-electron chi connectivity index (χ4n) is 2.23. The Kier molecular flexibility index (Phi) is 2.79. The Bertz CT molecular complexity index is 626. The van der Waals surface area contributed by atoms with Gasteiger partial charge < -0.3 is 0 Å². The van der Waals surface area contributed by atoms with E-state index in [0.29, 0.717) is 0 Å². The summed E-state index contributed by atoms with van der Waals surface area (Å²) in [5.41, 5.74) is 2.97. The Morgan fingerprint density at radius 3 is 3.00 bits per heavy atom. The maximum atomic E-state index is 11.7. The summed E-state index contributed by atoms with van der Waals surface area (Å²) in [6.45, 7) is 5.26. The van der Waals surface area contributed by atoms with Gasteiger partial charge in [-0.3, -0.25) is 9.47 Å². The van der Waals surface area contributed by atoms with E-state index >= 15 is 0 Å². The molecule has 7 heteroatoms. The Labute approximate surface area is 108 Å². The Hall–Kier alpha value is -1.47. The van der Waals surface area contributed by atoms with Gasteiger partial charge in [0.05, 0.1) is 17.7 Å². The number of thiazole rings is 1. The molecule has 0 bridgehead atoms. The van der Waals surface area contributed by atoms with Crippen molar-refractivity contribution < 1.29 is 0 Å². The number of fused-ring (bicyclic) bond motifs is 1. The average molecular weight is 265 g/mol. The second kappa shape index (κ2) is 4.33. The third-order valence-electron chi connectivity index (χ3n) is 3.30. The van der Waals surface area contributed by atoms with Gasteiger partial charge in [0, 0.05) is 31.6 Å². The number of hydrogen-bond donors (Lipinski definition) is 0. The SMILES string of the molecule is Cc1ncsc1CN1CCn2c(nn(C)c2=O)C1. The van der Waals surface area contributed by atoms with Crippen LogP contribution in [-0.4, -0.2) is 30.8 Å². The zero-order valence-corrected chi connectivity index (χ0v) is 11.3. The summed E-state index contributed by atoms with van der Waals surface area (Å²) in [4.78, 5) is 19.6. The molecule has 96 valence electrons. The smallest absolute Gasteiger partial charge is 0.289 e. The molecule has 3 heterocycles. The van der Waals surface area contributed by atoms with Crippen molar-refractivity contribution in [1.82, 2.24) is 24.2 Å². The van der Waals surface area contributed by atoms with E-state index in [1.165, 1.54) is 9.56 Å². The van der Waals surface area contributed by atoms with Crippen LogP contribution in [0.25, 0.3) is 0 Å². The highest BCUT2D eigenvalue weighted by molar-refractivity contribution is 7.09. The Morgan fingerprint density at radius 2 is 2.28 bits per heavy atom. The molecule has 3 rings (SSSR count). The monoisotopic (exact) mass is 265 g/mol. The fourth-order valence-corrected chi connectivity index (χ4v) is 3.05. The van der Waals surface area contributed by atoms with Crippen molar-refractivity contribution >= 4 is 11.3 Å². The quantitative estimate of drug-likeness (QED) is 0.787. The second-order valence-corrected chi connectivity index (χ2v) is 5.48. The van der Waals surface area contributed by atoms with Crippen molar-refractivity contribution in [2.45, 2.75) is 26.6 Å². The van der Waals surface area contributed by atoms with Crippen molar-refractivity contribution in [3.63, 3.8) is 0 Å². The standard InChI is InChI=1S/C11H15N5OS/c1-8-9(18-7-12-8)5-15-3-4-16-10(6-15)13-14(2)11(16)17/h7H,3-6H2,1-2H3. The molecule has 0 atom stereocenters. The van der Waals surface area contributed by atoms with Crippen LogP contribution in [-0.2, 0) is 26.7 Å². The zero-order valence-electron chi connectivity index (χ0n) is 10.5. The van der Waals surface area contributed by atoms with Gasteiger partial charge in [-0.05, 0) is 6.92 Å². The van der Waals surface area contributed by atoms with E-state index in [0.717, 1.165) is 37.7 Å². The van der Waals surface area contributed by atoms with Crippen molar-refractivity contribution in [3.05, 3.63) is 32.4 Å². The zero-order chi connectivity index (χ0) is 12.7. The van der Waals surface area contributed by atoms with E-state index < -0.39 is 0 Å². The van der Waals surface area contributed by atoms with Crippen LogP contribution in [0.15, 0.2) is 10.3 Å². The summed E-state index contributed by atoms with van der Waals surface area (Å²) < 4.78 is 3.17. The molecule has 2 aromatic heterocycles. The van der Waals surface area contributed by atoms with Gasteiger partial charge in [-0.2, -0.15) is 5.10 Å². The minimum absolute atomic E-state index is 0.0152. The van der Waals surface area contributed by atoms with E-state index in [1.54, 1.807) is 23.0 Å². The molecule has 0 amide bonds. The molecule has 6 nitrogen and oxygen atoms in total. The third kappa shape index (κ3) is 1.89. The van der Waals surface area contributed by atoms with Gasteiger partial charge in [-0.1, -0.05) is 0 Å². The Balaban J connectivity index is 1.79. The van der Waals surface area contributed by atoms with Crippen molar-refractivity contribution in [3.8, 4) is 0 Å². The highest BCUT2D eigenvalue weighted by atomic mass is 32.1. The fraction of sp³-hybridized carbons (Fsp3) is 0.545. The van der Waals surface area contributed by atoms with Crippen LogP contribution in [0.4, 0.5) is 0 Å². The molecule has 0 aromatic carbocycles. The lowest BCUT2D eigenvalue weighted by Gasteiger charge is -2.25. The maximum absolute atomic E-state index is 11.7. The second-order valence-electron chi connectivity index (χ2n) is 4.55. The van der Waals surface area contributed by atoms with Gasteiger partial charge in [0.25, 0.3) is 0 Å². The predicted octanol–water partition coefficient (Wildman–Crippen LogP) is 0.363. The summed E-state index contributed by atoms with van der Waals surface area (Å²) in [5.74, 6) is 0.857. The first-order chi connectivity index (χ1) is 8.65. The summed E-state index contributed by atoms with van der Waals surface area (Å²) in [6.07, 6.45) is 0. The largest absolute Gasteiger partial charge is 0.345 e. The van der Waals surface area contributed by atoms with Crippen LogP contribution in [0.3, 0.4) is 0 Å². The van der Waals surface area contributed by atoms with Gasteiger partial charge >= 0.3 is 5.69 Å². The first kappa shape index (κ1) is 11.6. The van der Waals surface area contributed by atoms with Crippen LogP contribution < -0.4 is 5.69 Å². The maximum Gasteiger partial charge on any atom is 0.345 e. The molecule has 2 aromatic rings. The predicted molar refractivity (Wildman–Crippen MR) is 68.4 cm³/mol. The summed E-state index contributed by atoms with van der Waals surface area (Å²) in [6, 6.07) is 0. The molecule has 0 saturated heterocycles. The first-order valence-corrected chi connectivity index (χ1v) is 6.77. The van der Waals surface area contributed by atoms with E-state index in [4.69, 9.17) is 0 Å². The van der Waals surface area contributed by atoms with Gasteiger partial charge in [-0.15, -0.1) is 11.3 Å². The number of aryl methyl sites for hydroxylation is 2. The number of aromatic nitrogens is 4. The lowest BCUT2D eigenvalue weighted by Crippen LogP contribution is -2.37. The third-order valence-corrected chi connectivity index (χ3v) is 4.22. The average Bonchev–Trinajstić information content (AvgIpc) is 2.86. The molecule has 18 heavy (non-hydrogen) atoms. The Morgan fingerprint density at radius 1 is 1.44 bits per heavy atom. The van der Waals surface area contributed by atoms with Crippen LogP contribution in [0.5, 0.6) is 0 Å². The molecule has 0 unspecified atom stereocenters. The molecule has 0 aliphatic carbocycles. The van der Waals surface area contributed by atoms with E-state index in [9.17, 15) is 4.79 Å². The minimum Gasteiger partial charge on any atom is -0.289 e. The van der Waals surface area contributed by atoms with Crippen molar-refractivity contribution in [2.75, 3.05) is 6.54 Å². The summed E-state index contributed by atoms with van der Waals surface area (Å²) >= 11 is 1.69. The van der Waals surface area contributed by atoms with Gasteiger partial charge in [-0.25, -0.2) is 14.5 Å². The summed E-state index contributed by atoms with van der Waals surface area (Å²) in [7, 11) is 1.70. The molecule has 0 fully saturated rings. The lowest BCUT2D eigenvalue weighted by atomic mass is 10.3. The molecular formula is C11H15N5OS. The van der Waals surface area contributed by atoms with E-state index in [2.05, 4.69) is 15.0 Å². The summed E-state index contributed by atoms with van der Waals surface area (Å²) in [5, 5.41) is 4.27. The van der Waals surface area contributed by atoms with Crippen LogP contribution >= 0.6 is 11.3 Å². The van der Waals surface area contributed by atoms with Crippen LogP contribution in [0.1, 0.15) is 16.4 Å². The molecule has 0 N–H and O–H groups in total. The van der Waals surface area contributed by atoms with Crippen molar-refractivity contribution in [1.29, 1.82) is 0 Å². The van der Waals surface area contributed by atoms with Crippen LogP contribution in [0, 0.1) is 6.92 Å². The molecular weight excluding hydrogens is 250 g/mol. The van der Waals surface area contributed by atoms with Gasteiger partial charge in [0.2, 0.25) is 0 Å². The molecule has 0 spiro atoms. The molecule has 0 saturated carbocycles. The normalized spacial score (nSPS) is 15.9. The highest BCUT2D eigenvalue weighted by Crippen LogP contribution is 2.17. The van der Waals surface area contributed by atoms with E-state index in [-0.39, 0.29) is 5.69 Å². The highest BCUT2D eigenvalue weighted by Gasteiger charge is 2.21. The first-order valence-electron chi connectivity index (χ1n) is 5.89. The van der Waals surface area contributed by atoms with Crippen molar-refractivity contribution in [2.24, 2.45) is 7.05 Å². The van der Waals surface area contributed by atoms with Gasteiger partial charge in [0.1, 0.15) is 5.82 Å². The van der Waals surface area contributed by atoms with E-state index in [1.807, 2.05) is 12.4 Å². The topological polar surface area (TPSA) is 56.0 Å². The number of hydrogen-bond acceptors (Lipinski definition) is 5. The number of nitrogens with zero attached hydrogens (tertiary/aromatic N) is 5.